The van der Waals surface area contributed by atoms with Gasteiger partial charge in [-0.25, -0.2) is 0 Å². The molecule has 0 spiro atoms. The van der Waals surface area contributed by atoms with Gasteiger partial charge < -0.3 is 10.0 Å². The highest BCUT2D eigenvalue weighted by Gasteiger charge is 2.32. The number of hydrogen-bond acceptors (Lipinski definition) is 3. The maximum atomic E-state index is 12.0. The fourth-order valence-electron chi connectivity index (χ4n) is 2.02. The van der Waals surface area contributed by atoms with Gasteiger partial charge in [0.15, 0.2) is 0 Å². The van der Waals surface area contributed by atoms with E-state index in [1.54, 1.807) is 4.90 Å². The molecule has 3 unspecified atom stereocenters. The summed E-state index contributed by atoms with van der Waals surface area (Å²) in [5.41, 5.74) is 0. The normalized spacial score (nSPS) is 27.6. The van der Waals surface area contributed by atoms with Crippen LogP contribution in [0.2, 0.25) is 0 Å². The van der Waals surface area contributed by atoms with E-state index in [-0.39, 0.29) is 23.8 Å². The van der Waals surface area contributed by atoms with Crippen LogP contribution in [0, 0.1) is 29.1 Å². The number of hydrogen-bond donors (Lipinski definition) is 1. The van der Waals surface area contributed by atoms with Crippen LogP contribution in [0.3, 0.4) is 0 Å². The summed E-state index contributed by atoms with van der Waals surface area (Å²) in [6, 6.07) is 2.07. The number of piperidine rings is 1. The van der Waals surface area contributed by atoms with Crippen LogP contribution in [0.1, 0.15) is 27.2 Å². The Hall–Kier alpha value is -1.08. The molecule has 1 N–H and O–H groups in total. The molecule has 4 heteroatoms. The number of aliphatic hydroxyl groups is 1. The Labute approximate surface area is 96.9 Å². The van der Waals surface area contributed by atoms with E-state index >= 15 is 0 Å². The van der Waals surface area contributed by atoms with Gasteiger partial charge in [-0.05, 0) is 18.3 Å². The van der Waals surface area contributed by atoms with Crippen LogP contribution in [-0.2, 0) is 4.79 Å². The van der Waals surface area contributed by atoms with Crippen LogP contribution in [0.4, 0.5) is 0 Å². The Kier molecular flexibility index (Phi) is 4.31. The number of nitriles is 1. The van der Waals surface area contributed by atoms with Crippen molar-refractivity contribution >= 4 is 5.91 Å². The van der Waals surface area contributed by atoms with Gasteiger partial charge in [0, 0.05) is 13.1 Å². The van der Waals surface area contributed by atoms with Crippen LogP contribution < -0.4 is 0 Å². The second-order valence-corrected chi connectivity index (χ2v) is 4.97. The van der Waals surface area contributed by atoms with Crippen molar-refractivity contribution in [3.05, 3.63) is 0 Å². The Bertz CT molecular complexity index is 296. The predicted octanol–water partition coefficient (Wildman–Crippen LogP) is 1.01. The second kappa shape index (κ2) is 5.31. The third-order valence-corrected chi connectivity index (χ3v) is 3.24. The van der Waals surface area contributed by atoms with Crippen molar-refractivity contribution in [3.8, 4) is 6.07 Å². The highest BCUT2D eigenvalue weighted by atomic mass is 16.3. The highest BCUT2D eigenvalue weighted by Crippen LogP contribution is 2.20. The van der Waals surface area contributed by atoms with Gasteiger partial charge in [-0.15, -0.1) is 0 Å². The van der Waals surface area contributed by atoms with E-state index in [0.717, 1.165) is 0 Å². The number of amides is 1. The monoisotopic (exact) mass is 224 g/mol. The summed E-state index contributed by atoms with van der Waals surface area (Å²) in [6.07, 6.45) is 0.298. The molecule has 1 rings (SSSR count). The van der Waals surface area contributed by atoms with Crippen molar-refractivity contribution < 1.29 is 9.90 Å². The SMILES string of the molecule is CC(C)C(C#N)C(=O)N1CCC(O)C(C)C1. The topological polar surface area (TPSA) is 64.3 Å². The van der Waals surface area contributed by atoms with Crippen molar-refractivity contribution in [1.29, 1.82) is 5.26 Å². The number of rotatable bonds is 2. The molecule has 0 saturated carbocycles. The smallest absolute Gasteiger partial charge is 0.240 e. The second-order valence-electron chi connectivity index (χ2n) is 4.97. The predicted molar refractivity (Wildman–Crippen MR) is 60.3 cm³/mol. The molecule has 1 heterocycles. The molecule has 0 aromatic carbocycles. The number of carbonyl (C=O) groups excluding carboxylic acids is 1. The lowest BCUT2D eigenvalue weighted by Gasteiger charge is -2.35. The van der Waals surface area contributed by atoms with Crippen molar-refractivity contribution in [2.24, 2.45) is 17.8 Å². The molecule has 0 bridgehead atoms. The highest BCUT2D eigenvalue weighted by molar-refractivity contribution is 5.81. The largest absolute Gasteiger partial charge is 0.393 e. The quantitative estimate of drug-likeness (QED) is 0.761. The molecule has 0 aromatic heterocycles. The number of likely N-dealkylation sites (tertiary alicyclic amines) is 1. The van der Waals surface area contributed by atoms with E-state index < -0.39 is 5.92 Å². The first kappa shape index (κ1) is 13.0. The van der Waals surface area contributed by atoms with Crippen LogP contribution in [-0.4, -0.2) is 35.1 Å². The molecule has 1 aliphatic heterocycles. The van der Waals surface area contributed by atoms with Gasteiger partial charge in [0.05, 0.1) is 12.2 Å². The van der Waals surface area contributed by atoms with Crippen molar-refractivity contribution in [3.63, 3.8) is 0 Å². The Morgan fingerprint density at radius 1 is 1.56 bits per heavy atom. The van der Waals surface area contributed by atoms with E-state index in [9.17, 15) is 9.90 Å². The fourth-order valence-corrected chi connectivity index (χ4v) is 2.02. The molecule has 0 aliphatic carbocycles. The Morgan fingerprint density at radius 2 is 2.19 bits per heavy atom. The van der Waals surface area contributed by atoms with E-state index in [0.29, 0.717) is 19.5 Å². The minimum atomic E-state index is -0.553. The van der Waals surface area contributed by atoms with Crippen LogP contribution >= 0.6 is 0 Å². The Balaban J connectivity index is 2.65. The zero-order valence-corrected chi connectivity index (χ0v) is 10.2. The average Bonchev–Trinajstić information content (AvgIpc) is 2.22. The summed E-state index contributed by atoms with van der Waals surface area (Å²) in [7, 11) is 0. The summed E-state index contributed by atoms with van der Waals surface area (Å²) in [6.45, 7) is 6.82. The van der Waals surface area contributed by atoms with Crippen LogP contribution in [0.5, 0.6) is 0 Å². The lowest BCUT2D eigenvalue weighted by molar-refractivity contribution is -0.138. The molecule has 1 aliphatic rings. The maximum Gasteiger partial charge on any atom is 0.240 e. The fraction of sp³-hybridized carbons (Fsp3) is 0.833. The first-order valence-corrected chi connectivity index (χ1v) is 5.83. The third kappa shape index (κ3) is 2.73. The lowest BCUT2D eigenvalue weighted by Crippen LogP contribution is -2.47. The zero-order chi connectivity index (χ0) is 12.3. The molecule has 16 heavy (non-hydrogen) atoms. The summed E-state index contributed by atoms with van der Waals surface area (Å²) in [5, 5.41) is 18.5. The molecule has 1 amide bonds. The number of nitrogens with zero attached hydrogens (tertiary/aromatic N) is 2. The first-order valence-electron chi connectivity index (χ1n) is 5.83. The number of aliphatic hydroxyl groups excluding tert-OH is 1. The maximum absolute atomic E-state index is 12.0. The van der Waals surface area contributed by atoms with Crippen LogP contribution in [0.25, 0.3) is 0 Å². The van der Waals surface area contributed by atoms with Gasteiger partial charge >= 0.3 is 0 Å². The van der Waals surface area contributed by atoms with Gasteiger partial charge in [-0.2, -0.15) is 5.26 Å². The van der Waals surface area contributed by atoms with Crippen molar-refractivity contribution in [2.45, 2.75) is 33.3 Å². The molecule has 3 atom stereocenters. The van der Waals surface area contributed by atoms with Gasteiger partial charge in [-0.1, -0.05) is 20.8 Å². The molecule has 1 saturated heterocycles. The van der Waals surface area contributed by atoms with Crippen molar-refractivity contribution in [2.75, 3.05) is 13.1 Å². The van der Waals surface area contributed by atoms with E-state index in [1.165, 1.54) is 0 Å². The molecule has 0 radical (unpaired) electrons. The standard InChI is InChI=1S/C12H20N2O2/c1-8(2)10(6-13)12(16)14-5-4-11(15)9(3)7-14/h8-11,15H,4-5,7H2,1-3H3. The van der Waals surface area contributed by atoms with Crippen LogP contribution in [0.15, 0.2) is 0 Å². The molecule has 90 valence electrons. The molecule has 1 fully saturated rings. The molecular formula is C12H20N2O2. The summed E-state index contributed by atoms with van der Waals surface area (Å²) < 4.78 is 0. The Morgan fingerprint density at radius 3 is 2.62 bits per heavy atom. The van der Waals surface area contributed by atoms with Crippen molar-refractivity contribution in [1.82, 2.24) is 4.90 Å². The average molecular weight is 224 g/mol. The van der Waals surface area contributed by atoms with Gasteiger partial charge in [0.2, 0.25) is 5.91 Å². The lowest BCUT2D eigenvalue weighted by atomic mass is 9.92. The third-order valence-electron chi connectivity index (χ3n) is 3.24. The number of carbonyl (C=O) groups is 1. The summed E-state index contributed by atoms with van der Waals surface area (Å²) in [5.74, 6) is -0.498. The van der Waals surface area contributed by atoms with E-state index in [2.05, 4.69) is 6.07 Å². The first-order chi connectivity index (χ1) is 7.47. The zero-order valence-electron chi connectivity index (χ0n) is 10.2. The summed E-state index contributed by atoms with van der Waals surface area (Å²) >= 11 is 0. The molecule has 0 aromatic rings. The summed E-state index contributed by atoms with van der Waals surface area (Å²) in [4.78, 5) is 13.8. The minimum absolute atomic E-state index is 0.0413. The van der Waals surface area contributed by atoms with Gasteiger partial charge in [0.25, 0.3) is 0 Å². The minimum Gasteiger partial charge on any atom is -0.393 e. The van der Waals surface area contributed by atoms with E-state index in [4.69, 9.17) is 5.26 Å². The molecular weight excluding hydrogens is 204 g/mol. The van der Waals surface area contributed by atoms with Gasteiger partial charge in [0.1, 0.15) is 5.92 Å². The van der Waals surface area contributed by atoms with E-state index in [1.807, 2.05) is 20.8 Å². The van der Waals surface area contributed by atoms with Gasteiger partial charge in [-0.3, -0.25) is 4.79 Å². The molecule has 4 nitrogen and oxygen atoms in total.